The van der Waals surface area contributed by atoms with Crippen LogP contribution in [0.5, 0.6) is 0 Å². The zero-order valence-electron chi connectivity index (χ0n) is 11.2. The van der Waals surface area contributed by atoms with E-state index in [1.54, 1.807) is 0 Å². The van der Waals surface area contributed by atoms with Gasteiger partial charge >= 0.3 is 17.9 Å². The van der Waals surface area contributed by atoms with Crippen molar-refractivity contribution in [1.29, 1.82) is 0 Å². The fraction of sp³-hybridized carbons (Fsp3) is 1.00. The molecule has 0 aliphatic heterocycles. The van der Waals surface area contributed by atoms with Gasteiger partial charge in [-0.2, -0.15) is 26.3 Å². The minimum absolute atomic E-state index is 0.147. The van der Waals surface area contributed by atoms with Crippen LogP contribution in [0.2, 0.25) is 0 Å². The quantitative estimate of drug-likeness (QED) is 0.346. The van der Waals surface area contributed by atoms with Gasteiger partial charge in [-0.05, 0) is 12.8 Å². The Kier molecular flexibility index (Phi) is 7.18. The maximum absolute atomic E-state index is 13.3. The van der Waals surface area contributed by atoms with Crippen molar-refractivity contribution >= 4 is 0 Å². The average molecular weight is 293 g/mol. The van der Waals surface area contributed by atoms with Gasteiger partial charge in [0.15, 0.2) is 0 Å². The van der Waals surface area contributed by atoms with E-state index in [0.29, 0.717) is 12.8 Å². The third-order valence-corrected chi connectivity index (χ3v) is 2.80. The molecular weight excluding hydrogens is 272 g/mol. The molecule has 19 heavy (non-hydrogen) atoms. The lowest BCUT2D eigenvalue weighted by atomic mass is 10.0. The third-order valence-electron chi connectivity index (χ3n) is 2.80. The Hall–Kier alpha value is -0.460. The molecule has 0 amide bonds. The highest BCUT2D eigenvalue weighted by Gasteiger charge is 2.70. The van der Waals surface area contributed by atoms with Crippen LogP contribution < -0.4 is 5.32 Å². The molecular formula is C12H21F6N. The maximum atomic E-state index is 13.3. The summed E-state index contributed by atoms with van der Waals surface area (Å²) in [6.45, 7) is 2.86. The molecule has 0 aromatic carbocycles. The van der Waals surface area contributed by atoms with Crippen molar-refractivity contribution in [3.63, 3.8) is 0 Å². The van der Waals surface area contributed by atoms with Gasteiger partial charge in [-0.15, -0.1) is 0 Å². The molecule has 0 unspecified atom stereocenters. The molecule has 0 aliphatic rings. The summed E-state index contributed by atoms with van der Waals surface area (Å²) in [5, 5.41) is 1.19. The SMILES string of the molecule is CCCCCCC(F)(F)C(F)(F)C(F)(F)NCCC. The molecule has 1 N–H and O–H groups in total. The van der Waals surface area contributed by atoms with Gasteiger partial charge in [-0.1, -0.05) is 33.1 Å². The zero-order valence-corrected chi connectivity index (χ0v) is 11.2. The van der Waals surface area contributed by atoms with Crippen LogP contribution in [0.4, 0.5) is 26.3 Å². The highest BCUT2D eigenvalue weighted by molar-refractivity contribution is 4.94. The molecule has 0 aromatic rings. The van der Waals surface area contributed by atoms with E-state index >= 15 is 0 Å². The monoisotopic (exact) mass is 293 g/mol. The molecule has 0 aromatic heterocycles. The number of halogens is 6. The van der Waals surface area contributed by atoms with Crippen molar-refractivity contribution in [3.05, 3.63) is 0 Å². The predicted octanol–water partition coefficient (Wildman–Crippen LogP) is 4.82. The molecule has 0 saturated carbocycles. The van der Waals surface area contributed by atoms with Crippen LogP contribution in [0.3, 0.4) is 0 Å². The Bertz CT molecular complexity index is 255. The van der Waals surface area contributed by atoms with Crippen molar-refractivity contribution in [3.8, 4) is 0 Å². The van der Waals surface area contributed by atoms with Crippen LogP contribution in [-0.2, 0) is 0 Å². The second-order valence-corrected chi connectivity index (χ2v) is 4.59. The van der Waals surface area contributed by atoms with Crippen LogP contribution in [0.15, 0.2) is 0 Å². The number of unbranched alkanes of at least 4 members (excludes halogenated alkanes) is 3. The zero-order chi connectivity index (χ0) is 15.2. The normalized spacial score (nSPS) is 13.9. The van der Waals surface area contributed by atoms with Gasteiger partial charge in [0.05, 0.1) is 0 Å². The first kappa shape index (κ1) is 18.5. The maximum Gasteiger partial charge on any atom is 0.386 e. The van der Waals surface area contributed by atoms with E-state index < -0.39 is 30.9 Å². The smallest absolute Gasteiger partial charge is 0.253 e. The Morgan fingerprint density at radius 3 is 1.84 bits per heavy atom. The molecule has 0 heterocycles. The Balaban J connectivity index is 4.64. The molecule has 0 bridgehead atoms. The summed E-state index contributed by atoms with van der Waals surface area (Å²) >= 11 is 0. The molecule has 0 rings (SSSR count). The molecule has 0 saturated heterocycles. The van der Waals surface area contributed by atoms with Crippen molar-refractivity contribution in [2.75, 3.05) is 6.54 Å². The van der Waals surface area contributed by atoms with Crippen LogP contribution >= 0.6 is 0 Å². The molecule has 116 valence electrons. The first-order valence-electron chi connectivity index (χ1n) is 6.51. The summed E-state index contributed by atoms with van der Waals surface area (Å²) in [7, 11) is 0. The molecule has 1 nitrogen and oxygen atoms in total. The largest absolute Gasteiger partial charge is 0.386 e. The first-order valence-corrected chi connectivity index (χ1v) is 6.51. The summed E-state index contributed by atoms with van der Waals surface area (Å²) in [6, 6.07) is -4.91. The van der Waals surface area contributed by atoms with E-state index in [1.165, 1.54) is 12.2 Å². The minimum Gasteiger partial charge on any atom is -0.253 e. The number of hydrogen-bond acceptors (Lipinski definition) is 1. The van der Waals surface area contributed by atoms with Crippen molar-refractivity contribution < 1.29 is 26.3 Å². The van der Waals surface area contributed by atoms with E-state index in [1.807, 2.05) is 6.92 Å². The number of nitrogens with one attached hydrogen (secondary N) is 1. The van der Waals surface area contributed by atoms with Gasteiger partial charge < -0.3 is 0 Å². The van der Waals surface area contributed by atoms with Crippen LogP contribution in [-0.4, -0.2) is 24.4 Å². The van der Waals surface area contributed by atoms with E-state index in [4.69, 9.17) is 0 Å². The number of hydrogen-bond donors (Lipinski definition) is 1. The van der Waals surface area contributed by atoms with Gasteiger partial charge in [0.25, 0.3) is 0 Å². The second-order valence-electron chi connectivity index (χ2n) is 4.59. The van der Waals surface area contributed by atoms with Gasteiger partial charge in [0.1, 0.15) is 0 Å². The van der Waals surface area contributed by atoms with Crippen molar-refractivity contribution in [1.82, 2.24) is 5.32 Å². The standard InChI is InChI=1S/C12H21F6N/c1-3-5-6-7-8-10(13,14)11(15,16)12(17,18)19-9-4-2/h19H,3-9H2,1-2H3. The fourth-order valence-electron chi connectivity index (χ4n) is 1.55. The van der Waals surface area contributed by atoms with Crippen LogP contribution in [0, 0.1) is 0 Å². The summed E-state index contributed by atoms with van der Waals surface area (Å²) < 4.78 is 79.3. The van der Waals surface area contributed by atoms with E-state index in [9.17, 15) is 26.3 Å². The van der Waals surface area contributed by atoms with Gasteiger partial charge in [0, 0.05) is 13.0 Å². The van der Waals surface area contributed by atoms with Crippen molar-refractivity contribution in [2.24, 2.45) is 0 Å². The number of alkyl halides is 6. The lowest BCUT2D eigenvalue weighted by Crippen LogP contribution is -2.61. The minimum atomic E-state index is -5.39. The predicted molar refractivity (Wildman–Crippen MR) is 61.9 cm³/mol. The molecule has 0 atom stereocenters. The molecule has 0 spiro atoms. The summed E-state index contributed by atoms with van der Waals surface area (Å²) in [6.07, 6.45) is 0.413. The molecule has 0 fully saturated rings. The van der Waals surface area contributed by atoms with Crippen LogP contribution in [0.1, 0.15) is 52.4 Å². The average Bonchev–Trinajstić information content (AvgIpc) is 2.31. The molecule has 0 radical (unpaired) electrons. The van der Waals surface area contributed by atoms with E-state index in [-0.39, 0.29) is 12.8 Å². The second kappa shape index (κ2) is 7.36. The topological polar surface area (TPSA) is 12.0 Å². The van der Waals surface area contributed by atoms with E-state index in [0.717, 1.165) is 6.42 Å². The molecule has 0 aliphatic carbocycles. The fourth-order valence-corrected chi connectivity index (χ4v) is 1.55. The number of rotatable bonds is 10. The van der Waals surface area contributed by atoms with Gasteiger partial charge in [-0.25, -0.2) is 0 Å². The van der Waals surface area contributed by atoms with Gasteiger partial charge in [-0.3, -0.25) is 5.32 Å². The third kappa shape index (κ3) is 4.85. The Morgan fingerprint density at radius 2 is 1.37 bits per heavy atom. The van der Waals surface area contributed by atoms with Gasteiger partial charge in [0.2, 0.25) is 0 Å². The van der Waals surface area contributed by atoms with E-state index in [2.05, 4.69) is 0 Å². The Labute approximate surface area is 109 Å². The Morgan fingerprint density at radius 1 is 0.789 bits per heavy atom. The van der Waals surface area contributed by atoms with Crippen molar-refractivity contribution in [2.45, 2.75) is 70.3 Å². The van der Waals surface area contributed by atoms with Crippen LogP contribution in [0.25, 0.3) is 0 Å². The lowest BCUT2D eigenvalue weighted by molar-refractivity contribution is -0.320. The molecule has 7 heteroatoms. The lowest BCUT2D eigenvalue weighted by Gasteiger charge is -2.33. The summed E-state index contributed by atoms with van der Waals surface area (Å²) in [5.74, 6) is -10.1. The highest BCUT2D eigenvalue weighted by atomic mass is 19.3. The summed E-state index contributed by atoms with van der Waals surface area (Å²) in [5.41, 5.74) is 0. The first-order chi connectivity index (χ1) is 8.62. The highest BCUT2D eigenvalue weighted by Crippen LogP contribution is 2.46. The summed E-state index contributed by atoms with van der Waals surface area (Å²) in [4.78, 5) is 0.